The van der Waals surface area contributed by atoms with Gasteiger partial charge in [0.15, 0.2) is 5.96 Å². The lowest BCUT2D eigenvalue weighted by Gasteiger charge is -2.31. The van der Waals surface area contributed by atoms with Crippen molar-refractivity contribution in [2.45, 2.75) is 151 Å². The summed E-state index contributed by atoms with van der Waals surface area (Å²) in [5, 5.41) is 41.1. The van der Waals surface area contributed by atoms with E-state index < -0.39 is 144 Å². The number of fused-ring (bicyclic) bond motifs is 1. The third-order valence-corrected chi connectivity index (χ3v) is 15.9. The van der Waals surface area contributed by atoms with Crippen LogP contribution in [-0.2, 0) is 72.0 Å². The number of nitrogens with one attached hydrogen (secondary N) is 10. The molecule has 1 fully saturated rings. The van der Waals surface area contributed by atoms with Gasteiger partial charge in [-0.25, -0.2) is 9.78 Å². The highest BCUT2D eigenvalue weighted by molar-refractivity contribution is 7.80. The van der Waals surface area contributed by atoms with E-state index in [2.05, 4.69) is 87.7 Å². The molecule has 0 unspecified atom stereocenters. The summed E-state index contributed by atoms with van der Waals surface area (Å²) in [6, 6.07) is 2.12. The molecule has 0 aliphatic carbocycles. The van der Waals surface area contributed by atoms with Crippen molar-refractivity contribution < 1.29 is 63.0 Å². The van der Waals surface area contributed by atoms with E-state index in [0.29, 0.717) is 47.0 Å². The molecule has 1 aliphatic rings. The number of nitrogens with two attached hydrogens (primary N) is 4. The van der Waals surface area contributed by atoms with Crippen LogP contribution in [0.3, 0.4) is 0 Å². The molecular weight excluding hydrogens is 1220 g/mol. The van der Waals surface area contributed by atoms with Crippen LogP contribution in [0.15, 0.2) is 78.3 Å². The molecule has 2 aromatic carbocycles. The predicted octanol–water partition coefficient (Wildman–Crippen LogP) is -2.24. The number of rotatable bonds is 38. The summed E-state index contributed by atoms with van der Waals surface area (Å²) in [7, 11) is 0. The Balaban J connectivity index is 1.45. The molecule has 0 bridgehead atoms. The van der Waals surface area contributed by atoms with Crippen molar-refractivity contribution in [2.24, 2.45) is 33.8 Å². The SMILES string of the molecule is CC(C)[C@H](NC(=O)[C@@H]1CCCN1C(=O)[C@H](CCCCN)NC(=O)[C@H](CS)NC(=O)[C@H](Cc1c[nH]c2ccccc12)NC(=O)[C@H](CCCN=C(N)N)NC(=O)[C@H](Cc1ccccc1)NC(=O)[C@H](Cc1cnc[nH]1)NC(=O)[C@H](CCC(=O)O)NC(=O)[C@@H](N)CS)C(=O)O. The fraction of sp³-hybridized carbons (Fsp3) is 0.508. The summed E-state index contributed by atoms with van der Waals surface area (Å²) in [6.45, 7) is 3.67. The first-order valence-corrected chi connectivity index (χ1v) is 31.2. The summed E-state index contributed by atoms with van der Waals surface area (Å²) < 4.78 is 0. The molecule has 91 heavy (non-hydrogen) atoms. The smallest absolute Gasteiger partial charge is 0.326 e. The lowest BCUT2D eigenvalue weighted by Crippen LogP contribution is -2.61. The molecule has 10 atom stereocenters. The number of imidazole rings is 1. The van der Waals surface area contributed by atoms with Crippen LogP contribution in [-0.4, -0.2) is 193 Å². The van der Waals surface area contributed by atoms with Gasteiger partial charge in [-0.05, 0) is 81.0 Å². The molecule has 1 aliphatic heterocycles. The highest BCUT2D eigenvalue weighted by Gasteiger charge is 2.41. The zero-order valence-electron chi connectivity index (χ0n) is 50.7. The number of carboxylic acid groups (broad SMARTS) is 2. The summed E-state index contributed by atoms with van der Waals surface area (Å²) >= 11 is 8.45. The summed E-state index contributed by atoms with van der Waals surface area (Å²) in [5.41, 5.74) is 25.1. The van der Waals surface area contributed by atoms with E-state index in [0.717, 1.165) is 0 Å². The van der Waals surface area contributed by atoms with Gasteiger partial charge in [0, 0.05) is 79.3 Å². The first-order valence-electron chi connectivity index (χ1n) is 29.9. The normalized spacial score (nSPS) is 15.9. The molecule has 20 N–H and O–H groups in total. The van der Waals surface area contributed by atoms with Crippen molar-refractivity contribution in [1.82, 2.24) is 62.4 Å². The van der Waals surface area contributed by atoms with Crippen molar-refractivity contribution in [1.29, 1.82) is 0 Å². The largest absolute Gasteiger partial charge is 0.481 e. The van der Waals surface area contributed by atoms with Gasteiger partial charge in [-0.3, -0.25) is 52.9 Å². The maximum Gasteiger partial charge on any atom is 0.326 e. The summed E-state index contributed by atoms with van der Waals surface area (Å²) in [5.74, 6) is -11.1. The Bertz CT molecular complexity index is 3150. The van der Waals surface area contributed by atoms with E-state index in [1.54, 1.807) is 74.6 Å². The number of aliphatic imine (C=N–C) groups is 1. The Kier molecular flexibility index (Phi) is 29.5. The number of amides is 9. The van der Waals surface area contributed by atoms with Crippen LogP contribution in [0.2, 0.25) is 0 Å². The number of H-pyrrole nitrogens is 2. The molecule has 0 radical (unpaired) electrons. The topological polar surface area (TPSA) is 489 Å². The first-order chi connectivity index (χ1) is 43.4. The van der Waals surface area contributed by atoms with Crippen molar-refractivity contribution in [3.63, 3.8) is 0 Å². The van der Waals surface area contributed by atoms with Gasteiger partial charge in [0.25, 0.3) is 0 Å². The van der Waals surface area contributed by atoms with Gasteiger partial charge in [-0.2, -0.15) is 25.3 Å². The molecule has 4 aromatic rings. The number of hydrogen-bond acceptors (Lipinski definition) is 17. The lowest BCUT2D eigenvalue weighted by atomic mass is 10.0. The average molecular weight is 1300 g/mol. The molecule has 2 aromatic heterocycles. The van der Waals surface area contributed by atoms with Crippen molar-refractivity contribution in [3.05, 3.63) is 90.1 Å². The maximum absolute atomic E-state index is 15.0. The number of para-hydroxylation sites is 1. The van der Waals surface area contributed by atoms with Gasteiger partial charge < -0.3 is 90.5 Å². The minimum atomic E-state index is -1.50. The number of carbonyl (C=O) groups is 11. The monoisotopic (exact) mass is 1300 g/mol. The van der Waals surface area contributed by atoms with Gasteiger partial charge in [-0.1, -0.05) is 62.4 Å². The number of benzene rings is 2. The first kappa shape index (κ1) is 73.0. The number of hydrogen-bond donors (Lipinski definition) is 18. The van der Waals surface area contributed by atoms with Crippen molar-refractivity contribution in [3.8, 4) is 0 Å². The Morgan fingerprint density at radius 3 is 1.81 bits per heavy atom. The van der Waals surface area contributed by atoms with Gasteiger partial charge >= 0.3 is 11.9 Å². The minimum Gasteiger partial charge on any atom is -0.481 e. The Morgan fingerprint density at radius 1 is 0.659 bits per heavy atom. The third-order valence-electron chi connectivity index (χ3n) is 15.1. The van der Waals surface area contributed by atoms with Gasteiger partial charge in [0.1, 0.15) is 54.4 Å². The van der Waals surface area contributed by atoms with Crippen molar-refractivity contribution >= 4 is 107 Å². The molecule has 32 heteroatoms. The van der Waals surface area contributed by atoms with Crippen molar-refractivity contribution in [2.75, 3.05) is 31.1 Å². The number of thiol groups is 2. The van der Waals surface area contributed by atoms with Crippen LogP contribution in [0.25, 0.3) is 10.9 Å². The maximum atomic E-state index is 15.0. The van der Waals surface area contributed by atoms with E-state index in [-0.39, 0.29) is 82.0 Å². The molecule has 0 spiro atoms. The number of likely N-dealkylation sites (tertiary alicyclic amines) is 1. The van der Waals surface area contributed by atoms with Gasteiger partial charge in [-0.15, -0.1) is 0 Å². The lowest BCUT2D eigenvalue weighted by molar-refractivity contribution is -0.146. The molecule has 1 saturated heterocycles. The number of nitrogens with zero attached hydrogens (tertiary/aromatic N) is 3. The average Bonchev–Trinajstić information content (AvgIpc) is 2.86. The number of aromatic amines is 2. The molecule has 0 saturated carbocycles. The number of guanidine groups is 1. The quantitative estimate of drug-likeness (QED) is 0.00977. The summed E-state index contributed by atoms with van der Waals surface area (Å²) in [4.78, 5) is 167. The fourth-order valence-electron chi connectivity index (χ4n) is 10.1. The molecule has 30 nitrogen and oxygen atoms in total. The van der Waals surface area contributed by atoms with Gasteiger partial charge in [0.05, 0.1) is 12.4 Å². The fourth-order valence-corrected chi connectivity index (χ4v) is 10.6. The highest BCUT2D eigenvalue weighted by Crippen LogP contribution is 2.23. The Labute approximate surface area is 536 Å². The number of aliphatic carboxylic acids is 2. The number of carboxylic acids is 2. The van der Waals surface area contributed by atoms with Crippen LogP contribution in [0.1, 0.15) is 88.5 Å². The Hall–Kier alpha value is -8.75. The minimum absolute atomic E-state index is 0.0156. The van der Waals surface area contributed by atoms with Crippen LogP contribution in [0.4, 0.5) is 0 Å². The van der Waals surface area contributed by atoms with E-state index in [1.807, 2.05) is 0 Å². The summed E-state index contributed by atoms with van der Waals surface area (Å²) in [6.07, 6.45) is 4.32. The predicted molar refractivity (Wildman–Crippen MR) is 342 cm³/mol. The number of aromatic nitrogens is 3. The molecule has 9 amide bonds. The second-order valence-corrected chi connectivity index (χ2v) is 23.1. The zero-order valence-corrected chi connectivity index (χ0v) is 52.5. The second kappa shape index (κ2) is 36.8. The van der Waals surface area contributed by atoms with E-state index >= 15 is 0 Å². The zero-order chi connectivity index (χ0) is 66.7. The van der Waals surface area contributed by atoms with Crippen LogP contribution >= 0.6 is 25.3 Å². The highest BCUT2D eigenvalue weighted by atomic mass is 32.1. The van der Waals surface area contributed by atoms with Gasteiger partial charge in [0.2, 0.25) is 53.2 Å². The number of carbonyl (C=O) groups excluding carboxylic acids is 9. The van der Waals surface area contributed by atoms with Crippen LogP contribution in [0.5, 0.6) is 0 Å². The van der Waals surface area contributed by atoms with Crippen LogP contribution < -0.4 is 65.5 Å². The molecule has 3 heterocycles. The standard InChI is InChI=1S/C59H85N17O13S2/c1-32(2)48(58(88)89)75-56(86)46-18-11-23-76(46)57(87)41(16-8-9-21-60)70-55(85)45(30-91)74-53(83)43(25-34-27-66-38-15-7-6-14-36(34)38)72-50(80)39(17-10-22-65-59(62)63)69-52(82)42(24-33-12-4-3-5-13-33)71-54(84)44(26-35-28-64-31-67-35)73-51(81)40(19-20-47(77)78)68-49(79)37(61)29-90/h3-7,12-15,27-28,31-32,37,39-46,48,66,90-91H,8-11,16-26,29-30,60-61H2,1-2H3,(H,64,67)(H,68,79)(H,69,82)(H,70,85)(H,71,84)(H,72,80)(H,73,81)(H,74,83)(H,75,86)(H,77,78)(H,88,89)(H4,62,63,65)/t37-,39-,40-,41-,42-,43-,44-,45-,46-,48-/m0/s1. The van der Waals surface area contributed by atoms with Crippen LogP contribution in [0, 0.1) is 5.92 Å². The third kappa shape index (κ3) is 22.9. The molecular formula is C59H85N17O13S2. The molecule has 5 rings (SSSR count). The van der Waals surface area contributed by atoms with E-state index in [9.17, 15) is 63.0 Å². The second-order valence-electron chi connectivity index (χ2n) is 22.4. The number of unbranched alkanes of at least 4 members (excludes halogenated alkanes) is 1. The van der Waals surface area contributed by atoms with E-state index in [1.165, 1.54) is 17.4 Å². The Morgan fingerprint density at radius 2 is 1.22 bits per heavy atom. The molecule has 496 valence electrons. The van der Waals surface area contributed by atoms with E-state index in [4.69, 9.17) is 22.9 Å².